The molecule has 0 bridgehead atoms. The summed E-state index contributed by atoms with van der Waals surface area (Å²) >= 11 is 3.99. The van der Waals surface area contributed by atoms with Gasteiger partial charge in [0.05, 0.1) is 9.40 Å². The van der Waals surface area contributed by atoms with Gasteiger partial charge in [-0.3, -0.25) is 0 Å². The van der Waals surface area contributed by atoms with E-state index in [9.17, 15) is 0 Å². The van der Waals surface area contributed by atoms with Gasteiger partial charge in [-0.1, -0.05) is 63.8 Å². The standard InChI is InChI=1S/C28H30S2/c1-3-5-7-11-19-15-23-25(17-21(19)12-8-6-4-2)29-28-24-16-20-13-9-10-14-22(20)18-26(24)30-27(23)28/h9-10,13-18H,3-8,11-12H2,1-2H3. The average molecular weight is 431 g/mol. The van der Waals surface area contributed by atoms with Crippen LogP contribution in [0, 0.1) is 0 Å². The highest BCUT2D eigenvalue weighted by Gasteiger charge is 2.15. The Morgan fingerprint density at radius 2 is 1.13 bits per heavy atom. The maximum atomic E-state index is 2.56. The van der Waals surface area contributed by atoms with E-state index in [1.54, 1.807) is 11.1 Å². The van der Waals surface area contributed by atoms with Crippen molar-refractivity contribution in [3.8, 4) is 0 Å². The molecule has 30 heavy (non-hydrogen) atoms. The molecule has 0 saturated carbocycles. The Hall–Kier alpha value is -1.90. The summed E-state index contributed by atoms with van der Waals surface area (Å²) in [5, 5.41) is 5.63. The van der Waals surface area contributed by atoms with Crippen LogP contribution in [0.15, 0.2) is 48.5 Å². The Morgan fingerprint density at radius 3 is 1.77 bits per heavy atom. The second-order valence-corrected chi connectivity index (χ2v) is 10.7. The van der Waals surface area contributed by atoms with E-state index in [4.69, 9.17) is 0 Å². The second-order valence-electron chi connectivity index (χ2n) is 8.59. The van der Waals surface area contributed by atoms with Crippen molar-refractivity contribution in [3.05, 3.63) is 59.7 Å². The molecular formula is C28H30S2. The predicted molar refractivity (Wildman–Crippen MR) is 139 cm³/mol. The van der Waals surface area contributed by atoms with Crippen molar-refractivity contribution in [2.24, 2.45) is 0 Å². The second kappa shape index (κ2) is 8.69. The van der Waals surface area contributed by atoms with Crippen LogP contribution in [0.1, 0.15) is 63.5 Å². The van der Waals surface area contributed by atoms with Gasteiger partial charge in [-0.15, -0.1) is 22.7 Å². The Balaban J connectivity index is 1.65. The summed E-state index contributed by atoms with van der Waals surface area (Å²) in [4.78, 5) is 0. The first-order chi connectivity index (χ1) is 14.8. The summed E-state index contributed by atoms with van der Waals surface area (Å²) in [6.07, 6.45) is 10.4. The number of thiophene rings is 2. The topological polar surface area (TPSA) is 0 Å². The van der Waals surface area contributed by atoms with Crippen LogP contribution in [0.25, 0.3) is 40.3 Å². The molecule has 2 heterocycles. The maximum absolute atomic E-state index is 2.56. The Kier molecular flexibility index (Phi) is 5.80. The van der Waals surface area contributed by atoms with Crippen molar-refractivity contribution in [2.45, 2.75) is 65.2 Å². The molecule has 0 unspecified atom stereocenters. The van der Waals surface area contributed by atoms with E-state index in [2.05, 4.69) is 62.4 Å². The zero-order valence-corrected chi connectivity index (χ0v) is 19.7. The molecule has 0 saturated heterocycles. The molecule has 0 amide bonds. The van der Waals surface area contributed by atoms with Gasteiger partial charge in [-0.2, -0.15) is 0 Å². The van der Waals surface area contributed by atoms with Gasteiger partial charge < -0.3 is 0 Å². The molecule has 0 aliphatic rings. The van der Waals surface area contributed by atoms with E-state index < -0.39 is 0 Å². The Bertz CT molecular complexity index is 1320. The molecule has 0 aliphatic heterocycles. The average Bonchev–Trinajstić information content (AvgIpc) is 3.28. The molecule has 2 heteroatoms. The van der Waals surface area contributed by atoms with Gasteiger partial charge in [-0.25, -0.2) is 0 Å². The number of rotatable bonds is 8. The van der Waals surface area contributed by atoms with Gasteiger partial charge in [0.1, 0.15) is 0 Å². The van der Waals surface area contributed by atoms with Crippen LogP contribution < -0.4 is 0 Å². The first kappa shape index (κ1) is 20.0. The summed E-state index contributed by atoms with van der Waals surface area (Å²) in [5.74, 6) is 0. The molecular weight excluding hydrogens is 400 g/mol. The van der Waals surface area contributed by atoms with Crippen molar-refractivity contribution in [1.82, 2.24) is 0 Å². The van der Waals surface area contributed by atoms with Crippen LogP contribution >= 0.6 is 22.7 Å². The van der Waals surface area contributed by atoms with Crippen LogP contribution in [0.3, 0.4) is 0 Å². The molecule has 0 nitrogen and oxygen atoms in total. The smallest absolute Gasteiger partial charge is 0.0542 e. The van der Waals surface area contributed by atoms with Gasteiger partial charge in [-0.05, 0) is 71.8 Å². The van der Waals surface area contributed by atoms with Crippen LogP contribution in [-0.2, 0) is 12.8 Å². The number of fused-ring (bicyclic) bond motifs is 6. The van der Waals surface area contributed by atoms with Crippen molar-refractivity contribution >= 4 is 63.0 Å². The van der Waals surface area contributed by atoms with E-state index in [-0.39, 0.29) is 0 Å². The lowest BCUT2D eigenvalue weighted by Gasteiger charge is -2.10. The third-order valence-electron chi connectivity index (χ3n) is 6.37. The highest BCUT2D eigenvalue weighted by molar-refractivity contribution is 7.36. The maximum Gasteiger partial charge on any atom is 0.0542 e. The third-order valence-corrected chi connectivity index (χ3v) is 8.87. The first-order valence-corrected chi connectivity index (χ1v) is 13.2. The molecule has 3 aromatic carbocycles. The molecule has 0 fully saturated rings. The molecule has 154 valence electrons. The van der Waals surface area contributed by atoms with E-state index >= 15 is 0 Å². The molecule has 0 spiro atoms. The quantitative estimate of drug-likeness (QED) is 0.215. The number of hydrogen-bond acceptors (Lipinski definition) is 2. The molecule has 5 rings (SSSR count). The Labute approximate surface area is 187 Å². The lowest BCUT2D eigenvalue weighted by atomic mass is 9.96. The minimum absolute atomic E-state index is 1.23. The van der Waals surface area contributed by atoms with Gasteiger partial charge in [0, 0.05) is 20.2 Å². The SMILES string of the molecule is CCCCCc1cc2sc3c4cc5ccccc5cc4sc3c2cc1CCCCC. The first-order valence-electron chi connectivity index (χ1n) is 11.6. The van der Waals surface area contributed by atoms with Crippen LogP contribution in [0.4, 0.5) is 0 Å². The fourth-order valence-electron chi connectivity index (χ4n) is 4.67. The van der Waals surface area contributed by atoms with Crippen LogP contribution in [0.2, 0.25) is 0 Å². The molecule has 2 aromatic heterocycles. The van der Waals surface area contributed by atoms with Crippen molar-refractivity contribution < 1.29 is 0 Å². The summed E-state index contributed by atoms with van der Waals surface area (Å²) in [6, 6.07) is 18.6. The molecule has 0 radical (unpaired) electrons. The lowest BCUT2D eigenvalue weighted by Crippen LogP contribution is -1.95. The van der Waals surface area contributed by atoms with Crippen molar-refractivity contribution in [3.63, 3.8) is 0 Å². The van der Waals surface area contributed by atoms with Gasteiger partial charge >= 0.3 is 0 Å². The van der Waals surface area contributed by atoms with E-state index in [0.29, 0.717) is 0 Å². The van der Waals surface area contributed by atoms with Gasteiger partial charge in [0.15, 0.2) is 0 Å². The summed E-state index contributed by atoms with van der Waals surface area (Å²) < 4.78 is 5.89. The summed E-state index contributed by atoms with van der Waals surface area (Å²) in [6.45, 7) is 4.60. The van der Waals surface area contributed by atoms with Crippen LogP contribution in [0.5, 0.6) is 0 Å². The highest BCUT2D eigenvalue weighted by Crippen LogP contribution is 2.46. The van der Waals surface area contributed by atoms with E-state index in [1.807, 2.05) is 22.7 Å². The fourth-order valence-corrected chi connectivity index (χ4v) is 7.38. The Morgan fingerprint density at radius 1 is 0.600 bits per heavy atom. The summed E-state index contributed by atoms with van der Waals surface area (Å²) in [5.41, 5.74) is 3.21. The zero-order valence-electron chi connectivity index (χ0n) is 18.1. The fraction of sp³-hybridized carbons (Fsp3) is 0.357. The van der Waals surface area contributed by atoms with Crippen molar-refractivity contribution in [2.75, 3.05) is 0 Å². The number of unbranched alkanes of at least 4 members (excludes halogenated alkanes) is 4. The molecule has 0 aliphatic carbocycles. The number of benzene rings is 3. The monoisotopic (exact) mass is 430 g/mol. The number of aryl methyl sites for hydroxylation is 2. The van der Waals surface area contributed by atoms with E-state index in [0.717, 1.165) is 0 Å². The third kappa shape index (κ3) is 3.65. The van der Waals surface area contributed by atoms with Gasteiger partial charge in [0.2, 0.25) is 0 Å². The molecule has 0 N–H and O–H groups in total. The summed E-state index contributed by atoms with van der Waals surface area (Å²) in [7, 11) is 0. The predicted octanol–water partition coefficient (Wildman–Crippen LogP) is 9.89. The largest absolute Gasteiger partial charge is 0.134 e. The highest BCUT2D eigenvalue weighted by atomic mass is 32.1. The van der Waals surface area contributed by atoms with Crippen LogP contribution in [-0.4, -0.2) is 0 Å². The lowest BCUT2D eigenvalue weighted by molar-refractivity contribution is 0.694. The number of hydrogen-bond donors (Lipinski definition) is 0. The minimum atomic E-state index is 1.23. The molecule has 0 atom stereocenters. The molecule has 5 aromatic rings. The van der Waals surface area contributed by atoms with Crippen molar-refractivity contribution in [1.29, 1.82) is 0 Å². The minimum Gasteiger partial charge on any atom is -0.134 e. The van der Waals surface area contributed by atoms with E-state index in [1.165, 1.54) is 91.7 Å². The van der Waals surface area contributed by atoms with Gasteiger partial charge in [0.25, 0.3) is 0 Å². The zero-order chi connectivity index (χ0) is 20.5. The normalized spacial score (nSPS) is 12.1.